The smallest absolute Gasteiger partial charge is 0.408 e. The molecule has 9 nitrogen and oxygen atoms in total. The van der Waals surface area contributed by atoms with E-state index in [-0.39, 0.29) is 12.2 Å². The lowest BCUT2D eigenvalue weighted by atomic mass is 9.93. The van der Waals surface area contributed by atoms with E-state index in [0.29, 0.717) is 40.5 Å². The van der Waals surface area contributed by atoms with Crippen molar-refractivity contribution in [2.45, 2.75) is 84.5 Å². The summed E-state index contributed by atoms with van der Waals surface area (Å²) >= 11 is 0. The number of hydrogen-bond donors (Lipinski definition) is 3. The number of phenolic OH excluding ortho intramolecular Hbond substituents is 1. The first kappa shape index (κ1) is 36.5. The standard InChI is InChI=1S/C38H47N3O6/c1-9-28-12-10-11-13-32(28)34(35(43)39-29-18-22-31(46-8)23-19-29)41(26(4)15-14-25(2)3)36(44)33(40-37(45)47-38(5,6)7)24-27-16-20-30(42)21-17-27/h1,10-13,16-23,25-26,33-34,42H,14-15,24H2,2-8H3,(H,39,43)(H,40,45). The number of methoxy groups -OCH3 is 1. The third-order valence-electron chi connectivity index (χ3n) is 7.55. The van der Waals surface area contributed by atoms with Crippen LogP contribution in [0.3, 0.4) is 0 Å². The molecule has 0 aromatic heterocycles. The lowest BCUT2D eigenvalue weighted by Crippen LogP contribution is -2.55. The Morgan fingerprint density at radius 3 is 2.15 bits per heavy atom. The van der Waals surface area contributed by atoms with Gasteiger partial charge in [-0.25, -0.2) is 4.79 Å². The van der Waals surface area contributed by atoms with Crippen molar-refractivity contribution in [2.75, 3.05) is 12.4 Å². The first-order valence-corrected chi connectivity index (χ1v) is 15.8. The number of amides is 3. The summed E-state index contributed by atoms with van der Waals surface area (Å²) in [6, 6.07) is 17.6. The summed E-state index contributed by atoms with van der Waals surface area (Å²) in [4.78, 5) is 44.0. The highest BCUT2D eigenvalue weighted by Gasteiger charge is 2.40. The Kier molecular flexibility index (Phi) is 12.9. The fraction of sp³-hybridized carbons (Fsp3) is 0.395. The van der Waals surface area contributed by atoms with E-state index in [1.165, 1.54) is 12.1 Å². The van der Waals surface area contributed by atoms with Gasteiger partial charge in [0.1, 0.15) is 29.2 Å². The molecule has 0 heterocycles. The van der Waals surface area contributed by atoms with Gasteiger partial charge in [-0.1, -0.05) is 50.1 Å². The predicted molar refractivity (Wildman–Crippen MR) is 184 cm³/mol. The molecule has 0 aliphatic rings. The number of ether oxygens (including phenoxy) is 2. The van der Waals surface area contributed by atoms with Crippen LogP contribution in [0.5, 0.6) is 11.5 Å². The van der Waals surface area contributed by atoms with Crippen molar-refractivity contribution in [3.8, 4) is 23.8 Å². The summed E-state index contributed by atoms with van der Waals surface area (Å²) in [6.45, 7) is 11.3. The third kappa shape index (κ3) is 10.8. The number of rotatable bonds is 13. The number of nitrogens with zero attached hydrogens (tertiary/aromatic N) is 1. The zero-order valence-corrected chi connectivity index (χ0v) is 28.4. The number of aromatic hydroxyl groups is 1. The monoisotopic (exact) mass is 641 g/mol. The van der Waals surface area contributed by atoms with Gasteiger partial charge in [-0.15, -0.1) is 6.42 Å². The van der Waals surface area contributed by atoms with E-state index in [1.807, 2.05) is 6.92 Å². The molecule has 3 atom stereocenters. The summed E-state index contributed by atoms with van der Waals surface area (Å²) in [6.07, 6.45) is 6.62. The maximum absolute atomic E-state index is 14.9. The van der Waals surface area contributed by atoms with Gasteiger partial charge in [-0.05, 0) is 100 Å². The molecule has 0 spiro atoms. The SMILES string of the molecule is C#Cc1ccccc1C(C(=O)Nc1ccc(OC)cc1)N(C(=O)C(Cc1ccc(O)cc1)NC(=O)OC(C)(C)C)C(C)CCC(C)C. The molecule has 47 heavy (non-hydrogen) atoms. The second kappa shape index (κ2) is 16.5. The molecule has 0 aliphatic heterocycles. The highest BCUT2D eigenvalue weighted by Crippen LogP contribution is 2.31. The normalized spacial score (nSPS) is 13.1. The van der Waals surface area contributed by atoms with Crippen molar-refractivity contribution >= 4 is 23.6 Å². The van der Waals surface area contributed by atoms with Crippen LogP contribution >= 0.6 is 0 Å². The van der Waals surface area contributed by atoms with Crippen molar-refractivity contribution in [1.29, 1.82) is 0 Å². The number of terminal acetylenes is 1. The number of alkyl carbamates (subject to hydrolysis) is 1. The minimum atomic E-state index is -1.15. The van der Waals surface area contributed by atoms with E-state index in [0.717, 1.165) is 6.42 Å². The average Bonchev–Trinajstić information content (AvgIpc) is 3.02. The molecule has 250 valence electrons. The number of nitrogens with one attached hydrogen (secondary N) is 2. The van der Waals surface area contributed by atoms with Gasteiger partial charge < -0.3 is 30.1 Å². The molecule has 0 fully saturated rings. The highest BCUT2D eigenvalue weighted by molar-refractivity contribution is 5.99. The minimum Gasteiger partial charge on any atom is -0.508 e. The Balaban J connectivity index is 2.17. The van der Waals surface area contributed by atoms with Crippen molar-refractivity contribution < 1.29 is 29.0 Å². The number of hydrogen-bond acceptors (Lipinski definition) is 6. The number of phenols is 1. The van der Waals surface area contributed by atoms with Crippen molar-refractivity contribution in [1.82, 2.24) is 10.2 Å². The lowest BCUT2D eigenvalue weighted by Gasteiger charge is -2.39. The molecule has 3 aromatic carbocycles. The summed E-state index contributed by atoms with van der Waals surface area (Å²) in [5.74, 6) is 2.76. The summed E-state index contributed by atoms with van der Waals surface area (Å²) in [5, 5.41) is 15.6. The zero-order valence-electron chi connectivity index (χ0n) is 28.4. The van der Waals surface area contributed by atoms with E-state index >= 15 is 0 Å². The molecule has 0 aliphatic carbocycles. The van der Waals surface area contributed by atoms with Crippen LogP contribution in [0.15, 0.2) is 72.8 Å². The fourth-order valence-electron chi connectivity index (χ4n) is 5.18. The van der Waals surface area contributed by atoms with Gasteiger partial charge in [0.25, 0.3) is 5.91 Å². The summed E-state index contributed by atoms with van der Waals surface area (Å²) in [7, 11) is 1.56. The fourth-order valence-corrected chi connectivity index (χ4v) is 5.18. The van der Waals surface area contributed by atoms with Crippen LogP contribution in [0.25, 0.3) is 0 Å². The first-order chi connectivity index (χ1) is 22.2. The Morgan fingerprint density at radius 2 is 1.57 bits per heavy atom. The Morgan fingerprint density at radius 1 is 0.936 bits per heavy atom. The largest absolute Gasteiger partial charge is 0.508 e. The Labute approximate surface area is 278 Å². The van der Waals surface area contributed by atoms with Crippen LogP contribution in [0.1, 0.15) is 77.1 Å². The van der Waals surface area contributed by atoms with Crippen molar-refractivity contribution in [3.63, 3.8) is 0 Å². The summed E-state index contributed by atoms with van der Waals surface area (Å²) in [5.41, 5.74) is 1.33. The molecule has 0 radical (unpaired) electrons. The molecule has 0 bridgehead atoms. The second-order valence-electron chi connectivity index (χ2n) is 13.0. The van der Waals surface area contributed by atoms with E-state index in [4.69, 9.17) is 15.9 Å². The van der Waals surface area contributed by atoms with E-state index in [1.54, 1.807) is 93.4 Å². The summed E-state index contributed by atoms with van der Waals surface area (Å²) < 4.78 is 10.8. The molecule has 3 rings (SSSR count). The van der Waals surface area contributed by atoms with Gasteiger partial charge in [0.2, 0.25) is 5.91 Å². The van der Waals surface area contributed by atoms with Gasteiger partial charge >= 0.3 is 6.09 Å². The zero-order chi connectivity index (χ0) is 34.7. The molecular weight excluding hydrogens is 594 g/mol. The van der Waals surface area contributed by atoms with Crippen molar-refractivity contribution in [2.24, 2.45) is 5.92 Å². The molecule has 0 saturated heterocycles. The number of carbonyl (C=O) groups excluding carboxylic acids is 3. The molecular formula is C38H47N3O6. The Bertz CT molecular complexity index is 1540. The number of anilines is 1. The molecule has 9 heteroatoms. The third-order valence-corrected chi connectivity index (χ3v) is 7.55. The average molecular weight is 642 g/mol. The maximum Gasteiger partial charge on any atom is 0.408 e. The number of carbonyl (C=O) groups is 3. The van der Waals surface area contributed by atoms with Crippen LogP contribution < -0.4 is 15.4 Å². The van der Waals surface area contributed by atoms with E-state index < -0.39 is 41.6 Å². The maximum atomic E-state index is 14.9. The Hall–Kier alpha value is -4.97. The molecule has 3 amide bonds. The minimum absolute atomic E-state index is 0.0711. The first-order valence-electron chi connectivity index (χ1n) is 15.8. The van der Waals surface area contributed by atoms with Crippen LogP contribution in [0.4, 0.5) is 10.5 Å². The topological polar surface area (TPSA) is 117 Å². The van der Waals surface area contributed by atoms with Gasteiger partial charge in [-0.3, -0.25) is 9.59 Å². The molecule has 0 saturated carbocycles. The predicted octanol–water partition coefficient (Wildman–Crippen LogP) is 6.85. The van der Waals surface area contributed by atoms with Crippen LogP contribution in [-0.4, -0.2) is 52.7 Å². The van der Waals surface area contributed by atoms with Gasteiger partial charge in [-0.2, -0.15) is 0 Å². The highest BCUT2D eigenvalue weighted by atomic mass is 16.6. The molecule has 3 aromatic rings. The van der Waals surface area contributed by atoms with Crippen LogP contribution in [0.2, 0.25) is 0 Å². The number of benzene rings is 3. The van der Waals surface area contributed by atoms with Crippen molar-refractivity contribution in [3.05, 3.63) is 89.5 Å². The van der Waals surface area contributed by atoms with E-state index in [2.05, 4.69) is 30.4 Å². The van der Waals surface area contributed by atoms with Gasteiger partial charge in [0.15, 0.2) is 0 Å². The van der Waals surface area contributed by atoms with Crippen LogP contribution in [-0.2, 0) is 20.7 Å². The second-order valence-corrected chi connectivity index (χ2v) is 13.0. The van der Waals surface area contributed by atoms with Gasteiger partial charge in [0.05, 0.1) is 7.11 Å². The van der Waals surface area contributed by atoms with E-state index in [9.17, 15) is 19.5 Å². The lowest BCUT2D eigenvalue weighted by molar-refractivity contribution is -0.143. The molecule has 3 N–H and O–H groups in total. The quantitative estimate of drug-likeness (QED) is 0.176. The molecule has 3 unspecified atom stereocenters. The van der Waals surface area contributed by atoms with Crippen LogP contribution in [0, 0.1) is 18.3 Å². The van der Waals surface area contributed by atoms with Gasteiger partial charge in [0, 0.05) is 23.7 Å².